The van der Waals surface area contributed by atoms with Crippen LogP contribution in [0.2, 0.25) is 5.02 Å². The second-order valence-corrected chi connectivity index (χ2v) is 6.46. The van der Waals surface area contributed by atoms with Gasteiger partial charge in [-0.15, -0.1) is 0 Å². The van der Waals surface area contributed by atoms with Crippen LogP contribution in [-0.4, -0.2) is 39.0 Å². The lowest BCUT2D eigenvalue weighted by Gasteiger charge is -2.34. The molecular weight excluding hydrogens is 300 g/mol. The highest BCUT2D eigenvalue weighted by Crippen LogP contribution is 2.28. The highest BCUT2D eigenvalue weighted by atomic mass is 35.5. The predicted molar refractivity (Wildman–Crippen MR) is 86.3 cm³/mol. The van der Waals surface area contributed by atoms with Gasteiger partial charge in [-0.1, -0.05) is 11.6 Å². The van der Waals surface area contributed by atoms with E-state index in [1.807, 2.05) is 6.07 Å². The number of halogens is 1. The molecule has 0 radical (unpaired) electrons. The Kier molecular flexibility index (Phi) is 5.20. The summed E-state index contributed by atoms with van der Waals surface area (Å²) < 4.78 is 11.4. The number of benzene rings is 1. The average molecular weight is 321 g/mol. The summed E-state index contributed by atoms with van der Waals surface area (Å²) in [5.41, 5.74) is 1.63. The summed E-state index contributed by atoms with van der Waals surface area (Å²) in [6.45, 7) is 4.33. The molecular formula is C17H21ClN2O2. The second kappa shape index (κ2) is 7.32. The fourth-order valence-electron chi connectivity index (χ4n) is 3.11. The van der Waals surface area contributed by atoms with Crippen molar-refractivity contribution in [3.8, 4) is 6.07 Å². The van der Waals surface area contributed by atoms with Crippen molar-refractivity contribution in [1.82, 2.24) is 0 Å². The Hall–Kier alpha value is -1.28. The zero-order valence-electron chi connectivity index (χ0n) is 12.6. The van der Waals surface area contributed by atoms with E-state index in [0.717, 1.165) is 57.9 Å². The molecule has 2 heterocycles. The van der Waals surface area contributed by atoms with Crippen molar-refractivity contribution in [3.63, 3.8) is 0 Å². The van der Waals surface area contributed by atoms with E-state index >= 15 is 0 Å². The molecule has 4 nitrogen and oxygen atoms in total. The number of nitriles is 1. The Morgan fingerprint density at radius 1 is 1.32 bits per heavy atom. The van der Waals surface area contributed by atoms with Crippen molar-refractivity contribution in [2.45, 2.75) is 25.4 Å². The second-order valence-electron chi connectivity index (χ2n) is 6.02. The van der Waals surface area contributed by atoms with Crippen LogP contribution in [0.15, 0.2) is 18.2 Å². The van der Waals surface area contributed by atoms with Crippen molar-refractivity contribution >= 4 is 17.3 Å². The molecule has 0 N–H and O–H groups in total. The Morgan fingerprint density at radius 3 is 2.82 bits per heavy atom. The van der Waals surface area contributed by atoms with Crippen molar-refractivity contribution in [2.75, 3.05) is 37.8 Å². The van der Waals surface area contributed by atoms with E-state index in [1.165, 1.54) is 0 Å². The van der Waals surface area contributed by atoms with Gasteiger partial charge in [-0.3, -0.25) is 0 Å². The first-order valence-corrected chi connectivity index (χ1v) is 8.28. The largest absolute Gasteiger partial charge is 0.381 e. The first kappa shape index (κ1) is 15.6. The molecule has 3 rings (SSSR count). The normalized spacial score (nSPS) is 22.7. The maximum atomic E-state index is 9.24. The lowest BCUT2D eigenvalue weighted by atomic mass is 10.0. The van der Waals surface area contributed by atoms with Crippen LogP contribution in [0.25, 0.3) is 0 Å². The van der Waals surface area contributed by atoms with E-state index < -0.39 is 0 Å². The Balaban J connectivity index is 1.53. The maximum Gasteiger partial charge on any atom is 0.101 e. The molecule has 2 saturated heterocycles. The summed E-state index contributed by atoms with van der Waals surface area (Å²) in [7, 11) is 0. The number of ether oxygens (including phenoxy) is 2. The Bertz CT molecular complexity index is 544. The smallest absolute Gasteiger partial charge is 0.101 e. The van der Waals surface area contributed by atoms with Gasteiger partial charge in [0.15, 0.2) is 0 Å². The minimum Gasteiger partial charge on any atom is -0.381 e. The Morgan fingerprint density at radius 2 is 2.14 bits per heavy atom. The van der Waals surface area contributed by atoms with Crippen LogP contribution in [-0.2, 0) is 9.47 Å². The first-order chi connectivity index (χ1) is 10.8. The van der Waals surface area contributed by atoms with Crippen LogP contribution in [0.3, 0.4) is 0 Å². The third-order valence-electron chi connectivity index (χ3n) is 4.45. The minimum absolute atomic E-state index is 0.321. The fourth-order valence-corrected chi connectivity index (χ4v) is 3.28. The maximum absolute atomic E-state index is 9.24. The molecule has 118 valence electrons. The van der Waals surface area contributed by atoms with Gasteiger partial charge in [0.1, 0.15) is 6.07 Å². The van der Waals surface area contributed by atoms with Crippen molar-refractivity contribution in [1.29, 1.82) is 5.26 Å². The van der Waals surface area contributed by atoms with Gasteiger partial charge in [-0.25, -0.2) is 0 Å². The zero-order chi connectivity index (χ0) is 15.4. The van der Waals surface area contributed by atoms with Gasteiger partial charge in [0.25, 0.3) is 0 Å². The van der Waals surface area contributed by atoms with Gasteiger partial charge < -0.3 is 14.4 Å². The molecule has 2 fully saturated rings. The molecule has 2 aliphatic heterocycles. The van der Waals surface area contributed by atoms with Crippen LogP contribution in [0.4, 0.5) is 5.69 Å². The molecule has 0 aromatic heterocycles. The van der Waals surface area contributed by atoms with Gasteiger partial charge >= 0.3 is 0 Å². The highest BCUT2D eigenvalue weighted by molar-refractivity contribution is 6.30. The molecule has 0 bridgehead atoms. The van der Waals surface area contributed by atoms with Crippen LogP contribution in [0, 0.1) is 17.2 Å². The van der Waals surface area contributed by atoms with Crippen LogP contribution in [0.5, 0.6) is 0 Å². The topological polar surface area (TPSA) is 45.5 Å². The van der Waals surface area contributed by atoms with E-state index in [0.29, 0.717) is 22.6 Å². The van der Waals surface area contributed by atoms with Gasteiger partial charge in [0.05, 0.1) is 30.6 Å². The summed E-state index contributed by atoms with van der Waals surface area (Å²) in [4.78, 5) is 2.24. The number of piperidine rings is 1. The van der Waals surface area contributed by atoms with Crippen LogP contribution in [0.1, 0.15) is 24.8 Å². The van der Waals surface area contributed by atoms with Gasteiger partial charge in [0.2, 0.25) is 0 Å². The molecule has 0 spiro atoms. The Labute approximate surface area is 136 Å². The third kappa shape index (κ3) is 3.73. The van der Waals surface area contributed by atoms with E-state index in [9.17, 15) is 5.26 Å². The number of rotatable bonds is 4. The summed E-state index contributed by atoms with van der Waals surface area (Å²) in [5.74, 6) is 0.566. The SMILES string of the molecule is N#Cc1ccc(Cl)cc1N1CCC(OCC2CCOC2)CC1. The quantitative estimate of drug-likeness (QED) is 0.854. The molecule has 0 saturated carbocycles. The van der Waals surface area contributed by atoms with Gasteiger partial charge in [-0.2, -0.15) is 5.26 Å². The molecule has 1 unspecified atom stereocenters. The summed E-state index contributed by atoms with van der Waals surface area (Å²) >= 11 is 6.07. The minimum atomic E-state index is 0.321. The number of hydrogen-bond acceptors (Lipinski definition) is 4. The molecule has 0 amide bonds. The molecule has 2 aliphatic rings. The zero-order valence-corrected chi connectivity index (χ0v) is 13.4. The first-order valence-electron chi connectivity index (χ1n) is 7.90. The number of hydrogen-bond donors (Lipinski definition) is 0. The fraction of sp³-hybridized carbons (Fsp3) is 0.588. The van der Waals surface area contributed by atoms with Crippen LogP contribution >= 0.6 is 11.6 Å². The van der Waals surface area contributed by atoms with Gasteiger partial charge in [0, 0.05) is 30.6 Å². The highest BCUT2D eigenvalue weighted by Gasteiger charge is 2.24. The van der Waals surface area contributed by atoms with E-state index in [2.05, 4.69) is 11.0 Å². The predicted octanol–water partition coefficient (Wildman–Crippen LogP) is 3.23. The van der Waals surface area contributed by atoms with E-state index in [-0.39, 0.29) is 0 Å². The molecule has 1 aromatic carbocycles. The molecule has 0 aliphatic carbocycles. The summed E-state index contributed by atoms with van der Waals surface area (Å²) in [6.07, 6.45) is 3.42. The molecule has 1 aromatic rings. The average Bonchev–Trinajstić information content (AvgIpc) is 3.07. The van der Waals surface area contributed by atoms with E-state index in [4.69, 9.17) is 21.1 Å². The van der Waals surface area contributed by atoms with E-state index in [1.54, 1.807) is 12.1 Å². The lowest BCUT2D eigenvalue weighted by Crippen LogP contribution is -2.38. The summed E-state index contributed by atoms with van der Waals surface area (Å²) in [6, 6.07) is 7.69. The lowest BCUT2D eigenvalue weighted by molar-refractivity contribution is 0.0132. The van der Waals surface area contributed by atoms with Gasteiger partial charge in [-0.05, 0) is 37.5 Å². The van der Waals surface area contributed by atoms with Crippen molar-refractivity contribution < 1.29 is 9.47 Å². The monoisotopic (exact) mass is 320 g/mol. The molecule has 5 heteroatoms. The van der Waals surface area contributed by atoms with Crippen LogP contribution < -0.4 is 4.90 Å². The number of anilines is 1. The third-order valence-corrected chi connectivity index (χ3v) is 4.69. The molecule has 1 atom stereocenters. The van der Waals surface area contributed by atoms with Crippen molar-refractivity contribution in [2.24, 2.45) is 5.92 Å². The standard InChI is InChI=1S/C17H21ClN2O2/c18-15-2-1-14(10-19)17(9-15)20-6-3-16(4-7-20)22-12-13-5-8-21-11-13/h1-2,9,13,16H,3-8,11-12H2. The molecule has 22 heavy (non-hydrogen) atoms. The number of nitrogens with zero attached hydrogens (tertiary/aromatic N) is 2. The summed E-state index contributed by atoms with van der Waals surface area (Å²) in [5, 5.41) is 9.92. The van der Waals surface area contributed by atoms with Crippen molar-refractivity contribution in [3.05, 3.63) is 28.8 Å².